The van der Waals surface area contributed by atoms with E-state index in [1.165, 1.54) is 20.2 Å². The maximum absolute atomic E-state index is 6.26. The van der Waals surface area contributed by atoms with E-state index in [0.717, 1.165) is 60.4 Å². The molecule has 11 aromatic rings. The summed E-state index contributed by atoms with van der Waals surface area (Å²) in [5.74, 6) is 1.57. The average molecular weight is 672 g/mol. The van der Waals surface area contributed by atoms with Gasteiger partial charge in [0.25, 0.3) is 0 Å². The lowest BCUT2D eigenvalue weighted by Gasteiger charge is -2.11. The van der Waals surface area contributed by atoms with E-state index in [1.54, 1.807) is 11.3 Å². The molecule has 6 nitrogen and oxygen atoms in total. The van der Waals surface area contributed by atoms with Crippen LogP contribution in [0.15, 0.2) is 156 Å². The van der Waals surface area contributed by atoms with Gasteiger partial charge in [-0.15, -0.1) is 11.3 Å². The van der Waals surface area contributed by atoms with Gasteiger partial charge in [-0.25, -0.2) is 4.98 Å². The number of para-hydroxylation sites is 2. The van der Waals surface area contributed by atoms with E-state index in [2.05, 4.69) is 120 Å². The minimum absolute atomic E-state index is 0.471. The summed E-state index contributed by atoms with van der Waals surface area (Å²) in [6.07, 6.45) is 1.86. The third kappa shape index (κ3) is 4.35. The van der Waals surface area contributed by atoms with Crippen molar-refractivity contribution in [3.8, 4) is 40.0 Å². The van der Waals surface area contributed by atoms with E-state index in [0.29, 0.717) is 23.3 Å². The van der Waals surface area contributed by atoms with Crippen LogP contribution in [0.5, 0.6) is 0 Å². The Morgan fingerprint density at radius 3 is 2.16 bits per heavy atom. The minimum atomic E-state index is 0.471. The molecular weight excluding hydrogens is 647 g/mol. The van der Waals surface area contributed by atoms with Gasteiger partial charge in [0.15, 0.2) is 11.6 Å². The van der Waals surface area contributed by atoms with Gasteiger partial charge in [0.1, 0.15) is 16.9 Å². The van der Waals surface area contributed by atoms with Crippen molar-refractivity contribution in [3.63, 3.8) is 0 Å². The topological polar surface area (TPSA) is 69.6 Å². The van der Waals surface area contributed by atoms with Crippen LogP contribution in [0.25, 0.3) is 104 Å². The lowest BCUT2D eigenvalue weighted by atomic mass is 9.99. The Hall–Kier alpha value is -6.70. The van der Waals surface area contributed by atoms with Crippen LogP contribution in [0.2, 0.25) is 0 Å². The maximum atomic E-state index is 6.26. The van der Waals surface area contributed by atoms with Crippen LogP contribution >= 0.6 is 11.3 Å². The molecule has 238 valence electrons. The van der Waals surface area contributed by atoms with Crippen molar-refractivity contribution >= 4 is 75.3 Å². The Labute approximate surface area is 294 Å². The number of aromatic nitrogens is 5. The van der Waals surface area contributed by atoms with Crippen LogP contribution in [0.3, 0.4) is 0 Å². The molecular formula is C44H25N5OS. The van der Waals surface area contributed by atoms with Crippen LogP contribution in [0.1, 0.15) is 0 Å². The second kappa shape index (κ2) is 10.9. The minimum Gasteiger partial charge on any atom is -0.456 e. The molecule has 0 N–H and O–H groups in total. The zero-order chi connectivity index (χ0) is 33.5. The molecule has 0 saturated heterocycles. The average Bonchev–Trinajstić information content (AvgIpc) is 3.87. The molecule has 0 bridgehead atoms. The number of nitrogens with zero attached hydrogens (tertiary/aromatic N) is 5. The first-order valence-electron chi connectivity index (χ1n) is 16.8. The summed E-state index contributed by atoms with van der Waals surface area (Å²) >= 11 is 1.78. The van der Waals surface area contributed by atoms with Crippen molar-refractivity contribution in [3.05, 3.63) is 152 Å². The summed E-state index contributed by atoms with van der Waals surface area (Å²) in [4.78, 5) is 20.4. The van der Waals surface area contributed by atoms with Crippen molar-refractivity contribution in [1.82, 2.24) is 24.5 Å². The van der Waals surface area contributed by atoms with Crippen LogP contribution in [-0.2, 0) is 0 Å². The van der Waals surface area contributed by atoms with Gasteiger partial charge in [0.05, 0.1) is 11.0 Å². The summed E-state index contributed by atoms with van der Waals surface area (Å²) in [6.45, 7) is 0. The molecule has 0 atom stereocenters. The summed E-state index contributed by atoms with van der Waals surface area (Å²) in [5, 5.41) is 6.74. The molecule has 7 heteroatoms. The number of fused-ring (bicyclic) bond motifs is 9. The predicted octanol–water partition coefficient (Wildman–Crippen LogP) is 11.6. The second-order valence-electron chi connectivity index (χ2n) is 12.7. The Kier molecular flexibility index (Phi) is 6.02. The van der Waals surface area contributed by atoms with Gasteiger partial charge in [-0.3, -0.25) is 9.55 Å². The van der Waals surface area contributed by atoms with E-state index in [-0.39, 0.29) is 0 Å². The Bertz CT molecular complexity index is 3030. The van der Waals surface area contributed by atoms with Crippen molar-refractivity contribution < 1.29 is 4.42 Å². The van der Waals surface area contributed by atoms with Gasteiger partial charge >= 0.3 is 0 Å². The second-order valence-corrected chi connectivity index (χ2v) is 13.8. The van der Waals surface area contributed by atoms with Gasteiger partial charge in [0.2, 0.25) is 5.95 Å². The van der Waals surface area contributed by atoms with Crippen molar-refractivity contribution in [2.45, 2.75) is 0 Å². The number of benzene rings is 6. The fourth-order valence-electron chi connectivity index (χ4n) is 7.41. The van der Waals surface area contributed by atoms with Crippen LogP contribution in [0.4, 0.5) is 0 Å². The standard InChI is InChI=1S/C44H25N5OS/c1-2-11-26(12-3-1)28-16-10-18-36-41(28)32-15-4-7-17-35(32)49(36)44-47-42(27-21-22-31-30-14-6-9-20-39(30)51-40(31)23-27)46-43(48-44)34-24-38-33(25-45-34)29-13-5-8-19-37(29)50-38/h1-25H. The molecule has 0 amide bonds. The number of thiophene rings is 1. The monoisotopic (exact) mass is 671 g/mol. The molecule has 0 radical (unpaired) electrons. The Balaban J connectivity index is 1.19. The Morgan fingerprint density at radius 2 is 1.24 bits per heavy atom. The van der Waals surface area contributed by atoms with E-state index in [1.807, 2.05) is 36.5 Å². The highest BCUT2D eigenvalue weighted by Crippen LogP contribution is 2.40. The quantitative estimate of drug-likeness (QED) is 0.186. The largest absolute Gasteiger partial charge is 0.456 e. The molecule has 0 aliphatic carbocycles. The van der Waals surface area contributed by atoms with Gasteiger partial charge < -0.3 is 4.42 Å². The number of rotatable bonds is 4. The molecule has 6 aromatic carbocycles. The molecule has 0 fully saturated rings. The zero-order valence-corrected chi connectivity index (χ0v) is 27.8. The zero-order valence-electron chi connectivity index (χ0n) is 27.0. The number of furan rings is 1. The van der Waals surface area contributed by atoms with Crippen molar-refractivity contribution in [2.24, 2.45) is 0 Å². The van der Waals surface area contributed by atoms with Crippen LogP contribution < -0.4 is 0 Å². The molecule has 5 aromatic heterocycles. The van der Waals surface area contributed by atoms with Crippen molar-refractivity contribution in [2.75, 3.05) is 0 Å². The first-order chi connectivity index (χ1) is 25.3. The van der Waals surface area contributed by atoms with E-state index < -0.39 is 0 Å². The fourth-order valence-corrected chi connectivity index (χ4v) is 8.55. The third-order valence-corrected chi connectivity index (χ3v) is 10.9. The highest BCUT2D eigenvalue weighted by atomic mass is 32.1. The maximum Gasteiger partial charge on any atom is 0.238 e. The number of hydrogen-bond acceptors (Lipinski definition) is 6. The molecule has 0 spiro atoms. The van der Waals surface area contributed by atoms with Gasteiger partial charge in [-0.1, -0.05) is 109 Å². The highest BCUT2D eigenvalue weighted by Gasteiger charge is 2.21. The van der Waals surface area contributed by atoms with E-state index in [4.69, 9.17) is 24.4 Å². The molecule has 11 rings (SSSR count). The van der Waals surface area contributed by atoms with E-state index >= 15 is 0 Å². The third-order valence-electron chi connectivity index (χ3n) is 9.74. The van der Waals surface area contributed by atoms with Gasteiger partial charge in [-0.2, -0.15) is 9.97 Å². The fraction of sp³-hybridized carbons (Fsp3) is 0. The summed E-state index contributed by atoms with van der Waals surface area (Å²) in [5.41, 5.74) is 7.42. The first kappa shape index (κ1) is 28.2. The summed E-state index contributed by atoms with van der Waals surface area (Å²) in [7, 11) is 0. The lowest BCUT2D eigenvalue weighted by Crippen LogP contribution is -2.07. The molecule has 0 saturated carbocycles. The summed E-state index contributed by atoms with van der Waals surface area (Å²) < 4.78 is 10.9. The van der Waals surface area contributed by atoms with Crippen molar-refractivity contribution in [1.29, 1.82) is 0 Å². The van der Waals surface area contributed by atoms with Crippen LogP contribution in [-0.4, -0.2) is 24.5 Å². The molecule has 51 heavy (non-hydrogen) atoms. The number of pyridine rings is 1. The SMILES string of the molecule is c1ccc(-c2cccc3c2c2ccccc2n3-c2nc(-c3ccc4c(c3)sc3ccccc34)nc(-c3cc4oc5ccccc5c4cn3)n2)cc1. The molecule has 5 heterocycles. The lowest BCUT2D eigenvalue weighted by molar-refractivity contribution is 0.668. The first-order valence-corrected chi connectivity index (χ1v) is 17.6. The van der Waals surface area contributed by atoms with E-state index in [9.17, 15) is 0 Å². The highest BCUT2D eigenvalue weighted by molar-refractivity contribution is 7.25. The summed E-state index contributed by atoms with van der Waals surface area (Å²) in [6, 6.07) is 50.4. The van der Waals surface area contributed by atoms with Crippen LogP contribution in [0, 0.1) is 0 Å². The predicted molar refractivity (Wildman–Crippen MR) is 208 cm³/mol. The molecule has 0 unspecified atom stereocenters. The Morgan fingerprint density at radius 1 is 0.490 bits per heavy atom. The number of hydrogen-bond donors (Lipinski definition) is 0. The smallest absolute Gasteiger partial charge is 0.238 e. The van der Waals surface area contributed by atoms with Gasteiger partial charge in [-0.05, 0) is 41.5 Å². The molecule has 0 aliphatic rings. The normalized spacial score (nSPS) is 11.9. The molecule has 0 aliphatic heterocycles. The van der Waals surface area contributed by atoms with Gasteiger partial charge in [0, 0.05) is 59.5 Å².